The Hall–Kier alpha value is -1.06. The molecule has 1 fully saturated rings. The van der Waals surface area contributed by atoms with Crippen LogP contribution in [0.1, 0.15) is 19.3 Å². The highest BCUT2D eigenvalue weighted by Crippen LogP contribution is 2.42. The van der Waals surface area contributed by atoms with Crippen molar-refractivity contribution in [2.24, 2.45) is 5.41 Å². The number of hydrogen-bond donors (Lipinski definition) is 1. The van der Waals surface area contributed by atoms with E-state index in [1.165, 1.54) is 14.2 Å². The van der Waals surface area contributed by atoms with Gasteiger partial charge in [-0.05, 0) is 12.8 Å². The van der Waals surface area contributed by atoms with E-state index in [1.54, 1.807) is 0 Å². The molecule has 1 amide bonds. The second-order valence-corrected chi connectivity index (χ2v) is 3.01. The molecule has 1 aliphatic carbocycles. The van der Waals surface area contributed by atoms with E-state index in [9.17, 15) is 9.59 Å². The number of carbonyl (C=O) groups is 2. The van der Waals surface area contributed by atoms with Gasteiger partial charge in [0.25, 0.3) is 0 Å². The van der Waals surface area contributed by atoms with E-state index in [1.807, 2.05) is 0 Å². The Kier molecular flexibility index (Phi) is 2.35. The molecule has 0 aliphatic heterocycles. The maximum absolute atomic E-state index is 11.3. The van der Waals surface area contributed by atoms with E-state index in [0.717, 1.165) is 6.42 Å². The van der Waals surface area contributed by atoms with Gasteiger partial charge in [0.15, 0.2) is 0 Å². The SMILES string of the molecule is CNC(=O)C1(C(=O)OC)CCC1. The van der Waals surface area contributed by atoms with Gasteiger partial charge in [-0.3, -0.25) is 9.59 Å². The number of methoxy groups -OCH3 is 1. The fourth-order valence-corrected chi connectivity index (χ4v) is 1.49. The van der Waals surface area contributed by atoms with Crippen LogP contribution in [0.25, 0.3) is 0 Å². The molecule has 0 unspecified atom stereocenters. The highest BCUT2D eigenvalue weighted by molar-refractivity contribution is 6.03. The molecule has 1 saturated carbocycles. The maximum atomic E-state index is 11.3. The molecule has 0 aromatic carbocycles. The van der Waals surface area contributed by atoms with Gasteiger partial charge < -0.3 is 10.1 Å². The quantitative estimate of drug-likeness (QED) is 0.472. The van der Waals surface area contributed by atoms with Crippen LogP contribution < -0.4 is 5.32 Å². The van der Waals surface area contributed by atoms with E-state index >= 15 is 0 Å². The van der Waals surface area contributed by atoms with Gasteiger partial charge in [0.05, 0.1) is 7.11 Å². The molecule has 1 rings (SSSR count). The van der Waals surface area contributed by atoms with Gasteiger partial charge in [0.2, 0.25) is 5.91 Å². The van der Waals surface area contributed by atoms with Gasteiger partial charge in [-0.25, -0.2) is 0 Å². The van der Waals surface area contributed by atoms with Crippen LogP contribution in [-0.2, 0) is 14.3 Å². The van der Waals surface area contributed by atoms with Crippen molar-refractivity contribution < 1.29 is 14.3 Å². The number of rotatable bonds is 2. The van der Waals surface area contributed by atoms with Crippen molar-refractivity contribution >= 4 is 11.9 Å². The summed E-state index contributed by atoms with van der Waals surface area (Å²) in [6.07, 6.45) is 2.14. The lowest BCUT2D eigenvalue weighted by Gasteiger charge is -2.36. The minimum absolute atomic E-state index is 0.222. The van der Waals surface area contributed by atoms with Crippen molar-refractivity contribution in [3.63, 3.8) is 0 Å². The topological polar surface area (TPSA) is 55.4 Å². The van der Waals surface area contributed by atoms with Crippen LogP contribution in [0.4, 0.5) is 0 Å². The summed E-state index contributed by atoms with van der Waals surface area (Å²) in [5, 5.41) is 2.48. The zero-order valence-corrected chi connectivity index (χ0v) is 7.35. The molecular weight excluding hydrogens is 158 g/mol. The van der Waals surface area contributed by atoms with Crippen LogP contribution in [-0.4, -0.2) is 26.0 Å². The van der Waals surface area contributed by atoms with Crippen molar-refractivity contribution in [3.8, 4) is 0 Å². The van der Waals surface area contributed by atoms with Crippen molar-refractivity contribution in [2.75, 3.05) is 14.2 Å². The van der Waals surface area contributed by atoms with Crippen LogP contribution in [0.15, 0.2) is 0 Å². The highest BCUT2D eigenvalue weighted by Gasteiger charge is 2.51. The number of esters is 1. The Morgan fingerprint density at radius 2 is 2.00 bits per heavy atom. The number of carbonyl (C=O) groups excluding carboxylic acids is 2. The molecule has 0 heterocycles. The predicted molar refractivity (Wildman–Crippen MR) is 42.4 cm³/mol. The third-order valence-corrected chi connectivity index (χ3v) is 2.44. The standard InChI is InChI=1S/C8H13NO3/c1-9-6(10)8(4-3-5-8)7(11)12-2/h3-5H2,1-2H3,(H,9,10). The Bertz CT molecular complexity index is 190. The van der Waals surface area contributed by atoms with Crippen LogP contribution in [0.2, 0.25) is 0 Å². The Labute approximate surface area is 71.3 Å². The largest absolute Gasteiger partial charge is 0.468 e. The molecule has 0 atom stereocenters. The summed E-state index contributed by atoms with van der Waals surface area (Å²) < 4.78 is 4.58. The maximum Gasteiger partial charge on any atom is 0.321 e. The molecule has 0 spiro atoms. The predicted octanol–water partition coefficient (Wildman–Crippen LogP) is 0.0757. The van der Waals surface area contributed by atoms with Crippen molar-refractivity contribution in [1.29, 1.82) is 0 Å². The molecule has 1 N–H and O–H groups in total. The fraction of sp³-hybridized carbons (Fsp3) is 0.750. The van der Waals surface area contributed by atoms with Gasteiger partial charge in [-0.1, -0.05) is 6.42 Å². The minimum atomic E-state index is -0.872. The second-order valence-electron chi connectivity index (χ2n) is 3.01. The number of ether oxygens (including phenoxy) is 1. The summed E-state index contributed by atoms with van der Waals surface area (Å²) in [5.41, 5.74) is -0.872. The molecule has 0 saturated heterocycles. The smallest absolute Gasteiger partial charge is 0.321 e. The molecule has 4 heteroatoms. The number of nitrogens with one attached hydrogen (secondary N) is 1. The van der Waals surface area contributed by atoms with Gasteiger partial charge in [0, 0.05) is 7.05 Å². The van der Waals surface area contributed by atoms with Crippen LogP contribution in [0, 0.1) is 5.41 Å². The summed E-state index contributed by atoms with van der Waals surface area (Å²) >= 11 is 0. The first-order valence-electron chi connectivity index (χ1n) is 3.98. The van der Waals surface area contributed by atoms with Crippen molar-refractivity contribution in [2.45, 2.75) is 19.3 Å². The molecule has 0 radical (unpaired) electrons. The third-order valence-electron chi connectivity index (χ3n) is 2.44. The van der Waals surface area contributed by atoms with Crippen molar-refractivity contribution in [3.05, 3.63) is 0 Å². The minimum Gasteiger partial charge on any atom is -0.468 e. The molecule has 68 valence electrons. The molecule has 0 aromatic heterocycles. The van der Waals surface area contributed by atoms with E-state index in [4.69, 9.17) is 0 Å². The summed E-state index contributed by atoms with van der Waals surface area (Å²) in [7, 11) is 2.84. The first-order valence-corrected chi connectivity index (χ1v) is 3.98. The zero-order valence-electron chi connectivity index (χ0n) is 7.35. The lowest BCUT2D eigenvalue weighted by atomic mass is 9.68. The van der Waals surface area contributed by atoms with E-state index in [0.29, 0.717) is 12.8 Å². The molecule has 0 aromatic rings. The first-order chi connectivity index (χ1) is 5.67. The van der Waals surface area contributed by atoms with Gasteiger partial charge in [0.1, 0.15) is 5.41 Å². The normalized spacial score (nSPS) is 19.2. The average molecular weight is 171 g/mol. The van der Waals surface area contributed by atoms with Crippen LogP contribution >= 0.6 is 0 Å². The first kappa shape index (κ1) is 9.03. The van der Waals surface area contributed by atoms with Gasteiger partial charge >= 0.3 is 5.97 Å². The van der Waals surface area contributed by atoms with Crippen LogP contribution in [0.3, 0.4) is 0 Å². The molecule has 4 nitrogen and oxygen atoms in total. The Morgan fingerprint density at radius 3 is 2.25 bits per heavy atom. The van der Waals surface area contributed by atoms with E-state index in [-0.39, 0.29) is 5.91 Å². The lowest BCUT2D eigenvalue weighted by molar-refractivity contribution is -0.164. The summed E-state index contributed by atoms with van der Waals surface area (Å²) in [4.78, 5) is 22.5. The number of hydrogen-bond acceptors (Lipinski definition) is 3. The highest BCUT2D eigenvalue weighted by atomic mass is 16.5. The van der Waals surface area contributed by atoms with E-state index in [2.05, 4.69) is 10.1 Å². The summed E-state index contributed by atoms with van der Waals surface area (Å²) in [6, 6.07) is 0. The molecule has 1 aliphatic rings. The Balaban J connectivity index is 2.75. The van der Waals surface area contributed by atoms with Gasteiger partial charge in [-0.15, -0.1) is 0 Å². The Morgan fingerprint density at radius 1 is 1.42 bits per heavy atom. The third kappa shape index (κ3) is 1.07. The second kappa shape index (κ2) is 3.13. The van der Waals surface area contributed by atoms with E-state index < -0.39 is 11.4 Å². The van der Waals surface area contributed by atoms with Gasteiger partial charge in [-0.2, -0.15) is 0 Å². The molecule has 0 bridgehead atoms. The molecular formula is C8H13NO3. The summed E-state index contributed by atoms with van der Waals surface area (Å²) in [5.74, 6) is -0.631. The fourth-order valence-electron chi connectivity index (χ4n) is 1.49. The lowest BCUT2D eigenvalue weighted by Crippen LogP contribution is -2.50. The van der Waals surface area contributed by atoms with Crippen LogP contribution in [0.5, 0.6) is 0 Å². The van der Waals surface area contributed by atoms with Crippen molar-refractivity contribution in [1.82, 2.24) is 5.32 Å². The average Bonchev–Trinajstić information content (AvgIpc) is 2.01. The monoisotopic (exact) mass is 171 g/mol. The summed E-state index contributed by atoms with van der Waals surface area (Å²) in [6.45, 7) is 0. The molecule has 12 heavy (non-hydrogen) atoms. The zero-order chi connectivity index (χ0) is 9.19. The number of amides is 1.